The number of ether oxygens (including phenoxy) is 1. The van der Waals surface area contributed by atoms with Crippen molar-refractivity contribution < 1.29 is 14.9 Å². The molecule has 1 aliphatic rings. The van der Waals surface area contributed by atoms with E-state index in [1.807, 2.05) is 6.07 Å². The molecule has 1 aliphatic heterocycles. The van der Waals surface area contributed by atoms with Gasteiger partial charge in [-0.25, -0.2) is 0 Å². The summed E-state index contributed by atoms with van der Waals surface area (Å²) in [5.41, 5.74) is 5.05. The highest BCUT2D eigenvalue weighted by Crippen LogP contribution is 2.51. The molecule has 0 saturated heterocycles. The number of benzene rings is 2. The van der Waals surface area contributed by atoms with Gasteiger partial charge in [-0.3, -0.25) is 0 Å². The summed E-state index contributed by atoms with van der Waals surface area (Å²) in [6, 6.07) is 10.4. The van der Waals surface area contributed by atoms with Crippen molar-refractivity contribution in [3.05, 3.63) is 47.0 Å². The molecule has 154 valence electrons. The number of phenolic OH excluding ortho intramolecular Hbond substituents is 1. The van der Waals surface area contributed by atoms with E-state index in [1.165, 1.54) is 5.56 Å². The molecule has 0 aromatic heterocycles. The molecule has 0 unspecified atom stereocenters. The van der Waals surface area contributed by atoms with Crippen molar-refractivity contribution in [1.29, 1.82) is 0 Å². The Bertz CT molecular complexity index is 855. The van der Waals surface area contributed by atoms with Crippen LogP contribution in [0, 0.1) is 12.3 Å². The van der Waals surface area contributed by atoms with Crippen molar-refractivity contribution >= 4 is 0 Å². The molecular weight excluding hydrogens is 348 g/mol. The second-order valence-corrected chi connectivity index (χ2v) is 10.2. The van der Waals surface area contributed by atoms with E-state index in [0.29, 0.717) is 5.75 Å². The van der Waals surface area contributed by atoms with Crippen molar-refractivity contribution in [2.45, 2.75) is 72.8 Å². The first-order valence-corrected chi connectivity index (χ1v) is 9.93. The number of aryl methyl sites for hydroxylation is 1. The minimum absolute atomic E-state index is 0.0505. The molecule has 2 aromatic rings. The molecule has 0 aliphatic carbocycles. The van der Waals surface area contributed by atoms with Crippen molar-refractivity contribution in [3.8, 4) is 22.6 Å². The second kappa shape index (κ2) is 7.44. The Labute approximate surface area is 170 Å². The average molecular weight is 385 g/mol. The van der Waals surface area contributed by atoms with Gasteiger partial charge in [-0.2, -0.15) is 0 Å². The van der Waals surface area contributed by atoms with Gasteiger partial charge in [0, 0.05) is 12.7 Å². The minimum atomic E-state index is -0.421. The van der Waals surface area contributed by atoms with Crippen LogP contribution in [0.2, 0.25) is 0 Å². The lowest BCUT2D eigenvalue weighted by Crippen LogP contribution is -2.30. The number of hydrogen-bond acceptors (Lipinski definition) is 3. The predicted octanol–water partition coefficient (Wildman–Crippen LogP) is 6.32. The van der Waals surface area contributed by atoms with Gasteiger partial charge < -0.3 is 14.9 Å². The van der Waals surface area contributed by atoms with E-state index in [9.17, 15) is 5.11 Å². The second-order valence-electron chi connectivity index (χ2n) is 10.2. The molecule has 1 heterocycles. The Morgan fingerprint density at radius 2 is 1.57 bits per heavy atom. The zero-order valence-electron chi connectivity index (χ0n) is 18.9. The molecule has 0 fully saturated rings. The van der Waals surface area contributed by atoms with Crippen LogP contribution in [-0.2, 0) is 11.0 Å². The van der Waals surface area contributed by atoms with Gasteiger partial charge in [0.2, 0.25) is 0 Å². The fraction of sp³-hybridized carbons (Fsp3) is 0.520. The molecule has 0 amide bonds. The summed E-state index contributed by atoms with van der Waals surface area (Å²) in [6.45, 7) is 17.5. The maximum Gasteiger partial charge on any atom is 0.132 e. The Kier molecular flexibility index (Phi) is 5.92. The summed E-state index contributed by atoms with van der Waals surface area (Å²) >= 11 is 0. The highest BCUT2D eigenvalue weighted by Gasteiger charge is 2.36. The van der Waals surface area contributed by atoms with E-state index in [0.717, 1.165) is 41.5 Å². The molecule has 2 N–H and O–H groups in total. The van der Waals surface area contributed by atoms with Crippen LogP contribution >= 0.6 is 0 Å². The van der Waals surface area contributed by atoms with Crippen LogP contribution in [0.4, 0.5) is 0 Å². The maximum absolute atomic E-state index is 10.9. The van der Waals surface area contributed by atoms with Gasteiger partial charge in [-0.05, 0) is 61.3 Å². The Morgan fingerprint density at radius 3 is 2.14 bits per heavy atom. The normalized spacial score (nSPS) is 14.9. The Hall–Kier alpha value is -2.00. The highest BCUT2D eigenvalue weighted by molar-refractivity contribution is 5.82. The molecule has 2 aromatic carbocycles. The van der Waals surface area contributed by atoms with Gasteiger partial charge in [0.15, 0.2) is 0 Å². The average Bonchev–Trinajstić information content (AvgIpc) is 2.53. The number of aliphatic hydroxyl groups excluding tert-OH is 1. The summed E-state index contributed by atoms with van der Waals surface area (Å²) in [6.07, 6.45) is 1.03. The minimum Gasteiger partial charge on any atom is -0.507 e. The van der Waals surface area contributed by atoms with Crippen molar-refractivity contribution in [2.24, 2.45) is 5.41 Å². The molecule has 0 spiro atoms. The lowest BCUT2D eigenvalue weighted by Gasteiger charge is -2.38. The number of hydrogen-bond donors (Lipinski definition) is 2. The van der Waals surface area contributed by atoms with Gasteiger partial charge in [0.25, 0.3) is 0 Å². The van der Waals surface area contributed by atoms with Crippen LogP contribution in [0.1, 0.15) is 71.6 Å². The van der Waals surface area contributed by atoms with Crippen LogP contribution in [0.25, 0.3) is 11.1 Å². The van der Waals surface area contributed by atoms with Crippen LogP contribution in [0.3, 0.4) is 0 Å². The molecular formula is C25H36O3. The smallest absolute Gasteiger partial charge is 0.132 e. The fourth-order valence-electron chi connectivity index (χ4n) is 4.49. The van der Waals surface area contributed by atoms with Gasteiger partial charge in [0.1, 0.15) is 17.1 Å². The van der Waals surface area contributed by atoms with E-state index in [2.05, 4.69) is 79.7 Å². The van der Waals surface area contributed by atoms with E-state index in [4.69, 9.17) is 9.84 Å². The van der Waals surface area contributed by atoms with Gasteiger partial charge in [-0.15, -0.1) is 0 Å². The van der Waals surface area contributed by atoms with Crippen molar-refractivity contribution in [1.82, 2.24) is 0 Å². The molecule has 0 atom stereocenters. The van der Waals surface area contributed by atoms with E-state index >= 15 is 0 Å². The van der Waals surface area contributed by atoms with Crippen LogP contribution in [0.15, 0.2) is 30.3 Å². The summed E-state index contributed by atoms with van der Waals surface area (Å²) in [7, 11) is 1.00. The van der Waals surface area contributed by atoms with Crippen LogP contribution < -0.4 is 4.74 Å². The molecule has 3 nitrogen and oxygen atoms in total. The third-order valence-electron chi connectivity index (χ3n) is 5.29. The first kappa shape index (κ1) is 22.3. The fourth-order valence-corrected chi connectivity index (χ4v) is 4.49. The molecule has 0 saturated carbocycles. The number of aromatic hydroxyl groups is 1. The van der Waals surface area contributed by atoms with Crippen LogP contribution in [-0.4, -0.2) is 17.3 Å². The number of fused-ring (bicyclic) bond motifs is 3. The number of aliphatic hydroxyl groups is 1. The van der Waals surface area contributed by atoms with Gasteiger partial charge >= 0.3 is 0 Å². The lowest BCUT2D eigenvalue weighted by molar-refractivity contribution is 0.105. The summed E-state index contributed by atoms with van der Waals surface area (Å²) in [5.74, 6) is 1.09. The third-order valence-corrected chi connectivity index (χ3v) is 5.29. The van der Waals surface area contributed by atoms with E-state index < -0.39 is 5.60 Å². The summed E-state index contributed by atoms with van der Waals surface area (Å²) in [5, 5.41) is 17.9. The standard InChI is InChI=1S/C24H32O2.CH4O/c1-15-9-10-18-17(11-15)21-19(25)12-16(13-20(21)26-24(18,7)8)23(5,6)14-22(2,3)4;1-2/h9-13,25H,14H2,1-8H3;2H,1H3. The zero-order valence-corrected chi connectivity index (χ0v) is 18.9. The molecule has 0 radical (unpaired) electrons. The molecule has 28 heavy (non-hydrogen) atoms. The summed E-state index contributed by atoms with van der Waals surface area (Å²) in [4.78, 5) is 0. The maximum atomic E-state index is 10.9. The topological polar surface area (TPSA) is 49.7 Å². The SMILES string of the molecule is CO.Cc1ccc2c(c1)-c1c(O)cc(C(C)(C)CC(C)(C)C)cc1OC2(C)C. The van der Waals surface area contributed by atoms with Crippen molar-refractivity contribution in [3.63, 3.8) is 0 Å². The predicted molar refractivity (Wildman–Crippen MR) is 117 cm³/mol. The first-order valence-electron chi connectivity index (χ1n) is 9.93. The molecule has 0 bridgehead atoms. The monoisotopic (exact) mass is 384 g/mol. The Morgan fingerprint density at radius 1 is 0.964 bits per heavy atom. The Balaban J connectivity index is 0.00000136. The largest absolute Gasteiger partial charge is 0.507 e. The van der Waals surface area contributed by atoms with E-state index in [1.54, 1.807) is 0 Å². The third kappa shape index (κ3) is 4.35. The van der Waals surface area contributed by atoms with Gasteiger partial charge in [-0.1, -0.05) is 58.4 Å². The van der Waals surface area contributed by atoms with Crippen molar-refractivity contribution in [2.75, 3.05) is 7.11 Å². The summed E-state index contributed by atoms with van der Waals surface area (Å²) < 4.78 is 6.37. The number of rotatable bonds is 2. The first-order chi connectivity index (χ1) is 12.8. The molecule has 3 heteroatoms. The quantitative estimate of drug-likeness (QED) is 0.637. The highest BCUT2D eigenvalue weighted by atomic mass is 16.5. The number of phenols is 1. The van der Waals surface area contributed by atoms with Crippen LogP contribution in [0.5, 0.6) is 11.5 Å². The molecule has 3 rings (SSSR count). The van der Waals surface area contributed by atoms with Gasteiger partial charge in [0.05, 0.1) is 5.56 Å². The van der Waals surface area contributed by atoms with E-state index in [-0.39, 0.29) is 10.8 Å². The zero-order chi connectivity index (χ0) is 21.5. The lowest BCUT2D eigenvalue weighted by atomic mass is 9.71.